The van der Waals surface area contributed by atoms with Gasteiger partial charge in [-0.15, -0.1) is 0 Å². The fraction of sp³-hybridized carbons (Fsp3) is 0.567. The Balaban J connectivity index is 1.69. The maximum Gasteiger partial charge on any atom is 0.323 e. The lowest BCUT2D eigenvalue weighted by molar-refractivity contribution is -0.151. The standard InChI is InChI=1S/C30H42N4O3/c1-19(2)27(30(36)37-20(3)4)31-16-23-12-13-25-26(15-23)34(17-22-10-8-7-9-11-22)28(32-25)24-14-21(5)29(35)33(6)18-24/h12-15,18-20,22,27,31H,7-11,16-17H2,1-6H3/t27-/m0/s1. The molecule has 7 heteroatoms. The molecule has 200 valence electrons. The number of pyridine rings is 1. The Bertz CT molecular complexity index is 1270. The number of fused-ring (bicyclic) bond motifs is 1. The number of nitrogens with one attached hydrogen (secondary N) is 1. The van der Waals surface area contributed by atoms with Crippen molar-refractivity contribution in [2.45, 2.75) is 92.0 Å². The third kappa shape index (κ3) is 6.32. The minimum Gasteiger partial charge on any atom is -0.462 e. The second kappa shape index (κ2) is 11.6. The highest BCUT2D eigenvalue weighted by Crippen LogP contribution is 2.31. The fourth-order valence-corrected chi connectivity index (χ4v) is 5.44. The van der Waals surface area contributed by atoms with Gasteiger partial charge in [0, 0.05) is 37.5 Å². The predicted molar refractivity (Wildman–Crippen MR) is 148 cm³/mol. The molecular weight excluding hydrogens is 464 g/mol. The van der Waals surface area contributed by atoms with Crippen LogP contribution in [0.4, 0.5) is 0 Å². The van der Waals surface area contributed by atoms with Gasteiger partial charge in [-0.25, -0.2) is 4.98 Å². The van der Waals surface area contributed by atoms with Crippen LogP contribution in [0, 0.1) is 18.8 Å². The second-order valence-corrected chi connectivity index (χ2v) is 11.3. The topological polar surface area (TPSA) is 78.2 Å². The maximum atomic E-state index is 12.6. The summed E-state index contributed by atoms with van der Waals surface area (Å²) in [5, 5.41) is 3.42. The van der Waals surface area contributed by atoms with Gasteiger partial charge < -0.3 is 19.2 Å². The number of carbonyl (C=O) groups is 1. The molecule has 1 atom stereocenters. The molecule has 7 nitrogen and oxygen atoms in total. The molecule has 1 saturated carbocycles. The molecule has 2 aromatic heterocycles. The Kier molecular flexibility index (Phi) is 8.53. The van der Waals surface area contributed by atoms with Crippen LogP contribution in [0.1, 0.15) is 70.9 Å². The first-order chi connectivity index (χ1) is 17.6. The summed E-state index contributed by atoms with van der Waals surface area (Å²) in [5.41, 5.74) is 4.83. The molecule has 0 unspecified atom stereocenters. The van der Waals surface area contributed by atoms with E-state index in [0.717, 1.165) is 34.5 Å². The van der Waals surface area contributed by atoms with Crippen LogP contribution in [-0.2, 0) is 29.7 Å². The van der Waals surface area contributed by atoms with Crippen LogP contribution in [0.25, 0.3) is 22.4 Å². The molecule has 0 aliphatic heterocycles. The van der Waals surface area contributed by atoms with Crippen LogP contribution in [-0.4, -0.2) is 32.2 Å². The normalized spacial score (nSPS) is 15.6. The van der Waals surface area contributed by atoms with Crippen LogP contribution in [0.15, 0.2) is 35.3 Å². The van der Waals surface area contributed by atoms with Gasteiger partial charge in [0.2, 0.25) is 0 Å². The number of hydrogen-bond donors (Lipinski definition) is 1. The molecule has 0 amide bonds. The summed E-state index contributed by atoms with van der Waals surface area (Å²) in [4.78, 5) is 30.0. The molecule has 3 aromatic rings. The molecule has 0 spiro atoms. The van der Waals surface area contributed by atoms with E-state index in [1.54, 1.807) is 11.6 Å². The number of carbonyl (C=O) groups excluding carboxylic acids is 1. The van der Waals surface area contributed by atoms with E-state index in [-0.39, 0.29) is 29.6 Å². The van der Waals surface area contributed by atoms with Crippen molar-refractivity contribution in [1.82, 2.24) is 19.4 Å². The van der Waals surface area contributed by atoms with E-state index < -0.39 is 0 Å². The Morgan fingerprint density at radius 3 is 2.51 bits per heavy atom. The number of nitrogens with zero attached hydrogens (tertiary/aromatic N) is 3. The highest BCUT2D eigenvalue weighted by Gasteiger charge is 2.25. The molecule has 1 aliphatic carbocycles. The molecule has 37 heavy (non-hydrogen) atoms. The Labute approximate surface area is 220 Å². The van der Waals surface area contributed by atoms with Crippen LogP contribution in [0.3, 0.4) is 0 Å². The highest BCUT2D eigenvalue weighted by molar-refractivity contribution is 5.81. The number of rotatable bonds is 9. The number of benzene rings is 1. The minimum atomic E-state index is -0.366. The summed E-state index contributed by atoms with van der Waals surface area (Å²) >= 11 is 0. The number of esters is 1. The zero-order valence-electron chi connectivity index (χ0n) is 23.2. The first-order valence-electron chi connectivity index (χ1n) is 13.7. The molecule has 2 heterocycles. The quantitative estimate of drug-likeness (QED) is 0.396. The molecule has 4 rings (SSSR count). The number of aromatic nitrogens is 3. The van der Waals surface area contributed by atoms with Crippen molar-refractivity contribution >= 4 is 17.0 Å². The van der Waals surface area contributed by atoms with Crippen molar-refractivity contribution in [2.24, 2.45) is 18.9 Å². The van der Waals surface area contributed by atoms with Gasteiger partial charge in [0.15, 0.2) is 0 Å². The summed E-state index contributed by atoms with van der Waals surface area (Å²) in [5.74, 6) is 1.44. The highest BCUT2D eigenvalue weighted by atomic mass is 16.5. The summed E-state index contributed by atoms with van der Waals surface area (Å²) in [6, 6.07) is 7.93. The van der Waals surface area contributed by atoms with Crippen LogP contribution < -0.4 is 10.9 Å². The van der Waals surface area contributed by atoms with E-state index in [9.17, 15) is 9.59 Å². The number of ether oxygens (including phenoxy) is 1. The SMILES string of the molecule is Cc1cc(-c2nc3ccc(CN[C@H](C(=O)OC(C)C)C(C)C)cc3n2CC2CCCCC2)cn(C)c1=O. The lowest BCUT2D eigenvalue weighted by Crippen LogP contribution is -2.42. The van der Waals surface area contributed by atoms with Gasteiger partial charge >= 0.3 is 5.97 Å². The van der Waals surface area contributed by atoms with E-state index in [0.29, 0.717) is 18.0 Å². The van der Waals surface area contributed by atoms with Gasteiger partial charge in [0.05, 0.1) is 17.1 Å². The molecular formula is C30H42N4O3. The lowest BCUT2D eigenvalue weighted by atomic mass is 9.89. The van der Waals surface area contributed by atoms with E-state index >= 15 is 0 Å². The minimum absolute atomic E-state index is 0.0164. The third-order valence-corrected chi connectivity index (χ3v) is 7.40. The van der Waals surface area contributed by atoms with Crippen LogP contribution in [0.2, 0.25) is 0 Å². The molecule has 0 bridgehead atoms. The molecule has 1 aromatic carbocycles. The largest absolute Gasteiger partial charge is 0.462 e. The zero-order valence-corrected chi connectivity index (χ0v) is 23.2. The van der Waals surface area contributed by atoms with E-state index in [1.807, 2.05) is 46.9 Å². The number of hydrogen-bond acceptors (Lipinski definition) is 5. The second-order valence-electron chi connectivity index (χ2n) is 11.3. The van der Waals surface area contributed by atoms with Gasteiger partial charge in [-0.1, -0.05) is 39.2 Å². The van der Waals surface area contributed by atoms with Gasteiger partial charge in [-0.05, 0) is 69.2 Å². The van der Waals surface area contributed by atoms with Crippen molar-refractivity contribution < 1.29 is 9.53 Å². The molecule has 1 fully saturated rings. The summed E-state index contributed by atoms with van der Waals surface area (Å²) in [6.07, 6.45) is 8.11. The predicted octanol–water partition coefficient (Wildman–Crippen LogP) is 5.36. The smallest absolute Gasteiger partial charge is 0.323 e. The van der Waals surface area contributed by atoms with Gasteiger partial charge in [0.1, 0.15) is 11.9 Å². The third-order valence-electron chi connectivity index (χ3n) is 7.40. The molecule has 0 radical (unpaired) electrons. The van der Waals surface area contributed by atoms with E-state index in [4.69, 9.17) is 9.72 Å². The Hall–Kier alpha value is -2.93. The van der Waals surface area contributed by atoms with Crippen molar-refractivity contribution in [3.8, 4) is 11.4 Å². The Morgan fingerprint density at radius 2 is 1.86 bits per heavy atom. The molecule has 0 saturated heterocycles. The van der Waals surface area contributed by atoms with E-state index in [1.165, 1.54) is 32.1 Å². The van der Waals surface area contributed by atoms with E-state index in [2.05, 4.69) is 28.1 Å². The molecule has 1 aliphatic rings. The van der Waals surface area contributed by atoms with Crippen molar-refractivity contribution in [3.63, 3.8) is 0 Å². The first-order valence-corrected chi connectivity index (χ1v) is 13.7. The number of aryl methyl sites for hydroxylation is 2. The summed E-state index contributed by atoms with van der Waals surface area (Å²) in [6.45, 7) is 11.2. The van der Waals surface area contributed by atoms with Gasteiger partial charge in [-0.2, -0.15) is 0 Å². The summed E-state index contributed by atoms with van der Waals surface area (Å²) in [7, 11) is 1.80. The fourth-order valence-electron chi connectivity index (χ4n) is 5.44. The molecule has 1 N–H and O–H groups in total. The van der Waals surface area contributed by atoms with Crippen molar-refractivity contribution in [1.29, 1.82) is 0 Å². The summed E-state index contributed by atoms with van der Waals surface area (Å²) < 4.78 is 9.47. The Morgan fingerprint density at radius 1 is 1.14 bits per heavy atom. The van der Waals surface area contributed by atoms with Crippen molar-refractivity contribution in [2.75, 3.05) is 0 Å². The number of imidazole rings is 1. The van der Waals surface area contributed by atoms with Crippen LogP contribution >= 0.6 is 0 Å². The lowest BCUT2D eigenvalue weighted by Gasteiger charge is -2.24. The maximum absolute atomic E-state index is 12.6. The average molecular weight is 507 g/mol. The zero-order chi connectivity index (χ0) is 26.7. The van der Waals surface area contributed by atoms with Gasteiger partial charge in [-0.3, -0.25) is 9.59 Å². The first kappa shape index (κ1) is 27.1. The van der Waals surface area contributed by atoms with Crippen molar-refractivity contribution in [3.05, 3.63) is 51.9 Å². The average Bonchev–Trinajstić information content (AvgIpc) is 3.20. The van der Waals surface area contributed by atoms with Crippen LogP contribution in [0.5, 0.6) is 0 Å². The van der Waals surface area contributed by atoms with Gasteiger partial charge in [0.25, 0.3) is 5.56 Å². The monoisotopic (exact) mass is 506 g/mol.